The lowest BCUT2D eigenvalue weighted by Crippen LogP contribution is -2.48. The molecule has 7 heteroatoms. The molecule has 1 aliphatic rings. The predicted molar refractivity (Wildman–Crippen MR) is 137 cm³/mol. The summed E-state index contributed by atoms with van der Waals surface area (Å²) in [5, 5.41) is 1.69. The Labute approximate surface area is 209 Å². The molecule has 0 N–H and O–H groups in total. The number of hydrogen-bond donors (Lipinski definition) is 0. The van der Waals surface area contributed by atoms with E-state index in [0.29, 0.717) is 27.4 Å². The van der Waals surface area contributed by atoms with Gasteiger partial charge < -0.3 is 9.64 Å². The normalized spacial score (nSPS) is 14.4. The highest BCUT2D eigenvalue weighted by Crippen LogP contribution is 2.29. The second-order valence-corrected chi connectivity index (χ2v) is 9.36. The molecule has 0 atom stereocenters. The van der Waals surface area contributed by atoms with E-state index in [-0.39, 0.29) is 0 Å². The van der Waals surface area contributed by atoms with E-state index in [9.17, 15) is 0 Å². The number of benzene rings is 3. The molecule has 1 aliphatic heterocycles. The number of hydrogen-bond acceptors (Lipinski definition) is 3. The van der Waals surface area contributed by atoms with Gasteiger partial charge in [-0.2, -0.15) is 0 Å². The SMILES string of the molecule is S=C(c1ccc(OCc2ccc(Cl)cc2Cl)c(Cl)c1)N1CCN(Cc2ccccc2)CC1. The van der Waals surface area contributed by atoms with E-state index in [2.05, 4.69) is 34.1 Å². The molecule has 166 valence electrons. The predicted octanol–water partition coefficient (Wildman–Crippen LogP) is 6.72. The minimum absolute atomic E-state index is 0.308. The molecule has 4 rings (SSSR count). The van der Waals surface area contributed by atoms with Crippen LogP contribution in [0.2, 0.25) is 15.1 Å². The van der Waals surface area contributed by atoms with Crippen LogP contribution in [0.3, 0.4) is 0 Å². The van der Waals surface area contributed by atoms with Crippen LogP contribution in [0.1, 0.15) is 16.7 Å². The van der Waals surface area contributed by atoms with Crippen molar-refractivity contribution in [1.29, 1.82) is 0 Å². The zero-order valence-corrected chi connectivity index (χ0v) is 20.5. The second kappa shape index (κ2) is 10.9. The summed E-state index contributed by atoms with van der Waals surface area (Å²) < 4.78 is 5.87. The topological polar surface area (TPSA) is 15.7 Å². The quantitative estimate of drug-likeness (QED) is 0.345. The lowest BCUT2D eigenvalue weighted by molar-refractivity contribution is 0.177. The third-order valence-corrected chi connectivity index (χ3v) is 6.86. The monoisotopic (exact) mass is 504 g/mol. The van der Waals surface area contributed by atoms with Gasteiger partial charge in [0.25, 0.3) is 0 Å². The Balaban J connectivity index is 1.33. The molecule has 0 saturated carbocycles. The molecule has 1 fully saturated rings. The lowest BCUT2D eigenvalue weighted by atomic mass is 10.1. The molecule has 0 radical (unpaired) electrons. The summed E-state index contributed by atoms with van der Waals surface area (Å²) in [4.78, 5) is 5.52. The first kappa shape index (κ1) is 23.3. The van der Waals surface area contributed by atoms with Crippen LogP contribution in [0, 0.1) is 0 Å². The second-order valence-electron chi connectivity index (χ2n) is 7.72. The molecular weight excluding hydrogens is 483 g/mol. The largest absolute Gasteiger partial charge is 0.487 e. The van der Waals surface area contributed by atoms with Crippen LogP contribution < -0.4 is 4.74 Å². The first-order chi connectivity index (χ1) is 15.5. The van der Waals surface area contributed by atoms with E-state index in [0.717, 1.165) is 48.8 Å². The fourth-order valence-electron chi connectivity index (χ4n) is 3.68. The van der Waals surface area contributed by atoms with Crippen molar-refractivity contribution in [2.45, 2.75) is 13.2 Å². The highest BCUT2D eigenvalue weighted by Gasteiger charge is 2.20. The van der Waals surface area contributed by atoms with Crippen LogP contribution in [-0.4, -0.2) is 41.0 Å². The highest BCUT2D eigenvalue weighted by atomic mass is 35.5. The third kappa shape index (κ3) is 5.94. The maximum absolute atomic E-state index is 6.49. The maximum atomic E-state index is 6.49. The molecule has 3 aromatic carbocycles. The Bertz CT molecular complexity index is 1090. The molecule has 32 heavy (non-hydrogen) atoms. The molecule has 0 amide bonds. The molecule has 0 aromatic heterocycles. The molecule has 3 nitrogen and oxygen atoms in total. The van der Waals surface area contributed by atoms with Gasteiger partial charge in [-0.15, -0.1) is 0 Å². The molecular formula is C25H23Cl3N2OS. The highest BCUT2D eigenvalue weighted by molar-refractivity contribution is 7.80. The summed E-state index contributed by atoms with van der Waals surface area (Å²) in [5.41, 5.74) is 3.12. The van der Waals surface area contributed by atoms with Crippen molar-refractivity contribution in [3.8, 4) is 5.75 Å². The zero-order valence-electron chi connectivity index (χ0n) is 17.4. The fraction of sp³-hybridized carbons (Fsp3) is 0.240. The van der Waals surface area contributed by atoms with E-state index < -0.39 is 0 Å². The van der Waals surface area contributed by atoms with Crippen molar-refractivity contribution in [1.82, 2.24) is 9.80 Å². The van der Waals surface area contributed by atoms with Gasteiger partial charge in [-0.1, -0.05) is 83.4 Å². The van der Waals surface area contributed by atoms with Crippen LogP contribution in [0.25, 0.3) is 0 Å². The third-order valence-electron chi connectivity index (χ3n) is 5.49. The van der Waals surface area contributed by atoms with Crippen LogP contribution in [0.4, 0.5) is 0 Å². The van der Waals surface area contributed by atoms with E-state index in [1.165, 1.54) is 5.56 Å². The summed E-state index contributed by atoms with van der Waals surface area (Å²) in [5.74, 6) is 0.594. The summed E-state index contributed by atoms with van der Waals surface area (Å²) >= 11 is 24.4. The molecule has 0 bridgehead atoms. The molecule has 0 spiro atoms. The Hall–Kier alpha value is -1.82. The van der Waals surface area contributed by atoms with Crippen LogP contribution in [0.5, 0.6) is 5.75 Å². The van der Waals surface area contributed by atoms with Gasteiger partial charge in [0.1, 0.15) is 17.3 Å². The Morgan fingerprint density at radius 3 is 2.28 bits per heavy atom. The smallest absolute Gasteiger partial charge is 0.138 e. The van der Waals surface area contributed by atoms with Crippen molar-refractivity contribution in [2.75, 3.05) is 26.2 Å². The standard InChI is InChI=1S/C25H23Cl3N2OS/c26-21-8-6-20(22(27)15-21)17-31-24-9-7-19(14-23(24)28)25(32)30-12-10-29(11-13-30)16-18-4-2-1-3-5-18/h1-9,14-15H,10-13,16-17H2. The summed E-state index contributed by atoms with van der Waals surface area (Å²) in [6.07, 6.45) is 0. The maximum Gasteiger partial charge on any atom is 0.138 e. The molecule has 0 aliphatic carbocycles. The Kier molecular flexibility index (Phi) is 7.93. The average Bonchev–Trinajstić information content (AvgIpc) is 2.80. The first-order valence-corrected chi connectivity index (χ1v) is 12.0. The van der Waals surface area contributed by atoms with Gasteiger partial charge in [-0.05, 0) is 35.9 Å². The summed E-state index contributed by atoms with van der Waals surface area (Å²) in [6.45, 7) is 5.03. The number of rotatable bonds is 6. The minimum Gasteiger partial charge on any atom is -0.487 e. The van der Waals surface area contributed by atoms with E-state index in [1.54, 1.807) is 12.1 Å². The molecule has 3 aromatic rings. The number of thiocarbonyl (C=S) groups is 1. The Morgan fingerprint density at radius 2 is 1.59 bits per heavy atom. The number of piperazine rings is 1. The minimum atomic E-state index is 0.308. The van der Waals surface area contributed by atoms with Crippen LogP contribution in [-0.2, 0) is 13.2 Å². The van der Waals surface area contributed by atoms with Crippen LogP contribution >= 0.6 is 47.0 Å². The van der Waals surface area contributed by atoms with E-state index in [1.807, 2.05) is 30.3 Å². The van der Waals surface area contributed by atoms with Crippen molar-refractivity contribution in [3.63, 3.8) is 0 Å². The van der Waals surface area contributed by atoms with Gasteiger partial charge in [0.05, 0.1) is 5.02 Å². The van der Waals surface area contributed by atoms with Gasteiger partial charge in [0, 0.05) is 53.9 Å². The average molecular weight is 506 g/mol. The van der Waals surface area contributed by atoms with E-state index in [4.69, 9.17) is 51.8 Å². The zero-order chi connectivity index (χ0) is 22.5. The van der Waals surface area contributed by atoms with Crippen molar-refractivity contribution in [3.05, 3.63) is 98.5 Å². The van der Waals surface area contributed by atoms with Crippen molar-refractivity contribution < 1.29 is 4.74 Å². The molecule has 1 heterocycles. The first-order valence-electron chi connectivity index (χ1n) is 10.4. The lowest BCUT2D eigenvalue weighted by Gasteiger charge is -2.36. The summed E-state index contributed by atoms with van der Waals surface area (Å²) in [6, 6.07) is 21.6. The van der Waals surface area contributed by atoms with Gasteiger partial charge in [-0.25, -0.2) is 0 Å². The van der Waals surface area contributed by atoms with Crippen molar-refractivity contribution >= 4 is 52.0 Å². The van der Waals surface area contributed by atoms with Gasteiger partial charge in [0.15, 0.2) is 0 Å². The van der Waals surface area contributed by atoms with Gasteiger partial charge >= 0.3 is 0 Å². The number of halogens is 3. The van der Waals surface area contributed by atoms with Gasteiger partial charge in [-0.3, -0.25) is 4.90 Å². The fourth-order valence-corrected chi connectivity index (χ4v) is 4.69. The molecule has 0 unspecified atom stereocenters. The Morgan fingerprint density at radius 1 is 0.844 bits per heavy atom. The van der Waals surface area contributed by atoms with Crippen molar-refractivity contribution in [2.24, 2.45) is 0 Å². The number of ether oxygens (including phenoxy) is 1. The molecule has 1 saturated heterocycles. The van der Waals surface area contributed by atoms with Crippen LogP contribution in [0.15, 0.2) is 66.7 Å². The number of nitrogens with zero attached hydrogens (tertiary/aromatic N) is 2. The van der Waals surface area contributed by atoms with Gasteiger partial charge in [0.2, 0.25) is 0 Å². The summed E-state index contributed by atoms with van der Waals surface area (Å²) in [7, 11) is 0. The van der Waals surface area contributed by atoms with E-state index >= 15 is 0 Å².